The Labute approximate surface area is 217 Å². The number of hydrogen-bond donors (Lipinski definition) is 2. The number of rotatable bonds is 4. The molecule has 0 spiro atoms. The molecule has 8 nitrogen and oxygen atoms in total. The molecule has 6 rings (SSSR count). The van der Waals surface area contributed by atoms with Crippen LogP contribution in [0.3, 0.4) is 0 Å². The number of benzene rings is 3. The molecule has 0 radical (unpaired) electrons. The van der Waals surface area contributed by atoms with Crippen LogP contribution in [-0.2, 0) is 10.2 Å². The van der Waals surface area contributed by atoms with Crippen LogP contribution in [0.15, 0.2) is 64.3 Å². The zero-order valence-corrected chi connectivity index (χ0v) is 20.5. The Morgan fingerprint density at radius 3 is 2.46 bits per heavy atom. The van der Waals surface area contributed by atoms with Crippen LogP contribution >= 0.6 is 0 Å². The van der Waals surface area contributed by atoms with Gasteiger partial charge in [-0.3, -0.25) is 4.79 Å². The first-order valence-corrected chi connectivity index (χ1v) is 12.9. The van der Waals surface area contributed by atoms with E-state index in [9.17, 15) is 35.5 Å². The summed E-state index contributed by atoms with van der Waals surface area (Å²) in [7, 11) is -5.15. The number of fused-ring (bicyclic) bond motifs is 4. The van der Waals surface area contributed by atoms with Gasteiger partial charge in [-0.2, -0.15) is 13.7 Å². The molecule has 1 fully saturated rings. The topological polar surface area (TPSA) is 117 Å². The molecule has 0 amide bonds. The van der Waals surface area contributed by atoms with Crippen molar-refractivity contribution in [2.45, 2.75) is 17.3 Å². The summed E-state index contributed by atoms with van der Waals surface area (Å²) in [5.74, 6) is -0.746. The lowest BCUT2D eigenvalue weighted by molar-refractivity contribution is -0.274. The highest BCUT2D eigenvalue weighted by molar-refractivity contribution is 7.86. The van der Waals surface area contributed by atoms with E-state index in [2.05, 4.69) is 15.0 Å². The fraction of sp³-hybridized carbons (Fsp3) is 0.154. The molecule has 198 valence electrons. The number of aromatic amines is 1. The highest BCUT2D eigenvalue weighted by Gasteiger charge is 2.34. The molecule has 2 N–H and O–H groups in total. The predicted molar refractivity (Wildman–Crippen MR) is 135 cm³/mol. The van der Waals surface area contributed by atoms with Crippen molar-refractivity contribution in [3.8, 4) is 22.9 Å². The van der Waals surface area contributed by atoms with Gasteiger partial charge in [-0.15, -0.1) is 17.1 Å². The van der Waals surface area contributed by atoms with Gasteiger partial charge in [0.1, 0.15) is 11.4 Å². The average Bonchev–Trinajstić information content (AvgIpc) is 3.22. The molecule has 13 heteroatoms. The van der Waals surface area contributed by atoms with E-state index in [1.54, 1.807) is 22.8 Å². The van der Waals surface area contributed by atoms with E-state index < -0.39 is 32.7 Å². The van der Waals surface area contributed by atoms with E-state index in [0.717, 1.165) is 18.2 Å². The highest BCUT2D eigenvalue weighted by atomic mass is 32.3. The predicted octanol–water partition coefficient (Wildman–Crippen LogP) is 4.88. The SMILES string of the molecule is N#Cc1ccc2c(c1)[nH]c1c2c(=O)c2cc(OC(F)(F)F)c(-c3cccc(S(=O)(=O)F)c3)cc2n1C1CNC1. The maximum absolute atomic E-state index is 13.8. The van der Waals surface area contributed by atoms with Crippen LogP contribution in [0.4, 0.5) is 17.1 Å². The fourth-order valence-corrected chi connectivity index (χ4v) is 5.46. The number of nitrogens with one attached hydrogen (secondary N) is 2. The Balaban J connectivity index is 1.75. The minimum atomic E-state index is -5.15. The third-order valence-electron chi connectivity index (χ3n) is 6.76. The lowest BCUT2D eigenvalue weighted by atomic mass is 9.99. The second-order valence-electron chi connectivity index (χ2n) is 9.11. The molecule has 2 aromatic heterocycles. The second-order valence-corrected chi connectivity index (χ2v) is 10.5. The molecular formula is C26H16F4N4O4S. The molecule has 1 saturated heterocycles. The molecular weight excluding hydrogens is 540 g/mol. The fourth-order valence-electron chi connectivity index (χ4n) is 4.95. The maximum atomic E-state index is 13.8. The maximum Gasteiger partial charge on any atom is 0.573 e. The number of nitrogens with zero attached hydrogens (tertiary/aromatic N) is 2. The van der Waals surface area contributed by atoms with Crippen molar-refractivity contribution in [2.75, 3.05) is 13.1 Å². The first-order chi connectivity index (χ1) is 18.4. The van der Waals surface area contributed by atoms with Crippen LogP contribution in [0.5, 0.6) is 5.75 Å². The van der Waals surface area contributed by atoms with Crippen LogP contribution in [0.1, 0.15) is 11.6 Å². The molecule has 0 aliphatic carbocycles. The van der Waals surface area contributed by atoms with Crippen LogP contribution in [0.2, 0.25) is 0 Å². The standard InChI is InChI=1S/C26H16F4N4O4S/c27-26(28,29)38-22-9-19-21(8-18(22)14-2-1-3-16(7-14)39(30,36)37)34(15-11-32-12-15)25-23(24(19)35)17-5-4-13(10-31)6-20(17)33-25/h1-9,15,32-33H,11-12H2. The summed E-state index contributed by atoms with van der Waals surface area (Å²) in [4.78, 5) is 16.2. The third kappa shape index (κ3) is 4.18. The highest BCUT2D eigenvalue weighted by Crippen LogP contribution is 2.40. The van der Waals surface area contributed by atoms with E-state index in [1.165, 1.54) is 18.2 Å². The molecule has 0 bridgehead atoms. The molecule has 3 aromatic carbocycles. The van der Waals surface area contributed by atoms with Crippen molar-refractivity contribution >= 4 is 43.1 Å². The molecule has 3 heterocycles. The number of nitriles is 1. The van der Waals surface area contributed by atoms with Gasteiger partial charge in [0, 0.05) is 29.6 Å². The van der Waals surface area contributed by atoms with E-state index in [0.29, 0.717) is 35.2 Å². The normalized spacial score (nSPS) is 14.5. The average molecular weight is 556 g/mol. The zero-order chi connectivity index (χ0) is 27.7. The van der Waals surface area contributed by atoms with Gasteiger partial charge in [-0.25, -0.2) is 0 Å². The van der Waals surface area contributed by atoms with Gasteiger partial charge in [-0.05, 0) is 42.0 Å². The summed E-state index contributed by atoms with van der Waals surface area (Å²) in [6.07, 6.45) is -5.14. The van der Waals surface area contributed by atoms with Crippen molar-refractivity contribution < 1.29 is 30.2 Å². The van der Waals surface area contributed by atoms with Gasteiger partial charge >= 0.3 is 16.6 Å². The van der Waals surface area contributed by atoms with Crippen LogP contribution in [0.25, 0.3) is 44.0 Å². The number of alkyl halides is 3. The Kier molecular flexibility index (Phi) is 5.46. The minimum Gasteiger partial charge on any atom is -0.405 e. The number of H-pyrrole nitrogens is 1. The third-order valence-corrected chi connectivity index (χ3v) is 7.57. The molecule has 0 saturated carbocycles. The Bertz CT molecular complexity index is 2040. The number of aromatic nitrogens is 2. The lowest BCUT2D eigenvalue weighted by Gasteiger charge is -2.32. The first kappa shape index (κ1) is 24.9. The number of ether oxygens (including phenoxy) is 1. The van der Waals surface area contributed by atoms with Crippen molar-refractivity contribution in [3.05, 3.63) is 70.4 Å². The van der Waals surface area contributed by atoms with Gasteiger partial charge in [0.2, 0.25) is 0 Å². The molecule has 0 atom stereocenters. The summed E-state index contributed by atoms with van der Waals surface area (Å²) < 4.78 is 83.2. The number of pyridine rings is 1. The van der Waals surface area contributed by atoms with Crippen molar-refractivity contribution in [1.82, 2.24) is 14.9 Å². The first-order valence-electron chi connectivity index (χ1n) is 11.5. The van der Waals surface area contributed by atoms with Crippen LogP contribution < -0.4 is 15.5 Å². The van der Waals surface area contributed by atoms with Crippen LogP contribution in [0, 0.1) is 11.3 Å². The Hall–Kier alpha value is -4.41. The van der Waals surface area contributed by atoms with Crippen molar-refractivity contribution in [1.29, 1.82) is 5.26 Å². The number of hydrogen-bond acceptors (Lipinski definition) is 6. The molecule has 1 aliphatic heterocycles. The van der Waals surface area contributed by atoms with Gasteiger partial charge in [-0.1, -0.05) is 18.2 Å². The van der Waals surface area contributed by atoms with E-state index >= 15 is 0 Å². The molecule has 5 aromatic rings. The second kappa shape index (κ2) is 8.55. The summed E-state index contributed by atoms with van der Waals surface area (Å²) in [5, 5.41) is 13.1. The monoisotopic (exact) mass is 556 g/mol. The lowest BCUT2D eigenvalue weighted by Crippen LogP contribution is -2.44. The molecule has 0 unspecified atom stereocenters. The number of halogens is 4. The minimum absolute atomic E-state index is 0.0584. The molecule has 39 heavy (non-hydrogen) atoms. The summed E-state index contributed by atoms with van der Waals surface area (Å²) in [6, 6.07) is 13.3. The van der Waals surface area contributed by atoms with Crippen LogP contribution in [-0.4, -0.2) is 37.4 Å². The van der Waals surface area contributed by atoms with E-state index in [-0.39, 0.29) is 33.5 Å². The quantitative estimate of drug-likeness (QED) is 0.241. The van der Waals surface area contributed by atoms with E-state index in [1.807, 2.05) is 6.07 Å². The van der Waals surface area contributed by atoms with Gasteiger partial charge < -0.3 is 19.6 Å². The van der Waals surface area contributed by atoms with E-state index in [4.69, 9.17) is 0 Å². The van der Waals surface area contributed by atoms with Gasteiger partial charge in [0.25, 0.3) is 0 Å². The van der Waals surface area contributed by atoms with Crippen molar-refractivity contribution in [3.63, 3.8) is 0 Å². The summed E-state index contributed by atoms with van der Waals surface area (Å²) in [6.45, 7) is 1.02. The van der Waals surface area contributed by atoms with Gasteiger partial charge in [0.15, 0.2) is 5.43 Å². The summed E-state index contributed by atoms with van der Waals surface area (Å²) >= 11 is 0. The van der Waals surface area contributed by atoms with Crippen molar-refractivity contribution in [2.24, 2.45) is 0 Å². The zero-order valence-electron chi connectivity index (χ0n) is 19.6. The smallest absolute Gasteiger partial charge is 0.405 e. The Morgan fingerprint density at radius 2 is 1.82 bits per heavy atom. The largest absolute Gasteiger partial charge is 0.573 e. The molecule has 1 aliphatic rings. The summed E-state index contributed by atoms with van der Waals surface area (Å²) in [5.41, 5.74) is 0.741. The van der Waals surface area contributed by atoms with Gasteiger partial charge in [0.05, 0.1) is 38.9 Å². The Morgan fingerprint density at radius 1 is 1.05 bits per heavy atom.